The molecule has 192 valence electrons. The SMILES string of the molecule is CCC(c1nc2ccccc2c(=O)n1-c1ccc(F)c(Cl)c1)N(CC)C(=O)c1cc(OC)cc(OC)c1. The number of hydrogen-bond acceptors (Lipinski definition) is 5. The molecular weight excluding hydrogens is 497 g/mol. The van der Waals surface area contributed by atoms with Crippen LogP contribution in [0.2, 0.25) is 5.02 Å². The lowest BCUT2D eigenvalue weighted by Gasteiger charge is -2.31. The Morgan fingerprint density at radius 3 is 2.32 bits per heavy atom. The summed E-state index contributed by atoms with van der Waals surface area (Å²) in [5, 5.41) is 0.275. The molecule has 1 heterocycles. The van der Waals surface area contributed by atoms with E-state index in [0.717, 1.165) is 0 Å². The van der Waals surface area contributed by atoms with Crippen molar-refractivity contribution in [3.8, 4) is 17.2 Å². The fraction of sp³-hybridized carbons (Fsp3) is 0.250. The van der Waals surface area contributed by atoms with Crippen molar-refractivity contribution in [3.05, 3.63) is 93.2 Å². The van der Waals surface area contributed by atoms with Crippen LogP contribution in [-0.4, -0.2) is 41.1 Å². The number of aromatic nitrogens is 2. The van der Waals surface area contributed by atoms with Gasteiger partial charge in [-0.05, 0) is 55.8 Å². The molecule has 0 aliphatic heterocycles. The molecule has 1 aromatic heterocycles. The first-order valence-corrected chi connectivity index (χ1v) is 12.2. The summed E-state index contributed by atoms with van der Waals surface area (Å²) < 4.78 is 26.1. The van der Waals surface area contributed by atoms with Crippen molar-refractivity contribution >= 4 is 28.4 Å². The largest absolute Gasteiger partial charge is 0.497 e. The van der Waals surface area contributed by atoms with E-state index in [1.165, 1.54) is 37.0 Å². The van der Waals surface area contributed by atoms with Crippen molar-refractivity contribution in [2.45, 2.75) is 26.3 Å². The third-order valence-corrected chi connectivity index (χ3v) is 6.51. The minimum atomic E-state index is -0.599. The van der Waals surface area contributed by atoms with Gasteiger partial charge in [0.1, 0.15) is 23.1 Å². The maximum Gasteiger partial charge on any atom is 0.266 e. The van der Waals surface area contributed by atoms with E-state index in [2.05, 4.69) is 0 Å². The maximum absolute atomic E-state index is 14.0. The molecule has 0 saturated carbocycles. The van der Waals surface area contributed by atoms with Gasteiger partial charge < -0.3 is 14.4 Å². The molecule has 37 heavy (non-hydrogen) atoms. The summed E-state index contributed by atoms with van der Waals surface area (Å²) in [6, 6.07) is 15.4. The Hall–Kier alpha value is -3.91. The number of rotatable bonds is 8. The van der Waals surface area contributed by atoms with E-state index in [9.17, 15) is 14.0 Å². The predicted molar refractivity (Wildman–Crippen MR) is 142 cm³/mol. The number of nitrogens with zero attached hydrogens (tertiary/aromatic N) is 3. The fourth-order valence-electron chi connectivity index (χ4n) is 4.39. The standard InChI is InChI=1S/C28H27ClFN3O4/c1-5-25(32(6-2)27(34)17-13-19(36-3)16-20(14-17)37-4)26-31-24-10-8-7-9-21(24)28(35)33(26)18-11-12-23(30)22(29)15-18/h7-16,25H,5-6H2,1-4H3. The summed E-state index contributed by atoms with van der Waals surface area (Å²) in [7, 11) is 3.03. The molecule has 7 nitrogen and oxygen atoms in total. The van der Waals surface area contributed by atoms with Crippen LogP contribution < -0.4 is 15.0 Å². The summed E-state index contributed by atoms with van der Waals surface area (Å²) in [6.07, 6.45) is 0.459. The highest BCUT2D eigenvalue weighted by molar-refractivity contribution is 6.30. The Labute approximate surface area is 219 Å². The molecule has 3 aromatic carbocycles. The molecule has 0 aliphatic carbocycles. The van der Waals surface area contributed by atoms with Gasteiger partial charge in [0.15, 0.2) is 0 Å². The van der Waals surface area contributed by atoms with Crippen molar-refractivity contribution in [2.75, 3.05) is 20.8 Å². The molecule has 9 heteroatoms. The van der Waals surface area contributed by atoms with Crippen molar-refractivity contribution in [3.63, 3.8) is 0 Å². The minimum absolute atomic E-state index is 0.122. The number of carbonyl (C=O) groups is 1. The molecule has 0 N–H and O–H groups in total. The highest BCUT2D eigenvalue weighted by atomic mass is 35.5. The summed E-state index contributed by atoms with van der Waals surface area (Å²) in [5.74, 6) is 0.428. The predicted octanol–water partition coefficient (Wildman–Crippen LogP) is 5.81. The summed E-state index contributed by atoms with van der Waals surface area (Å²) in [5.41, 5.74) is 0.885. The molecule has 1 amide bonds. The highest BCUT2D eigenvalue weighted by Crippen LogP contribution is 2.30. The van der Waals surface area contributed by atoms with Gasteiger partial charge in [0, 0.05) is 18.2 Å². The second kappa shape index (κ2) is 11.0. The molecule has 1 atom stereocenters. The van der Waals surface area contributed by atoms with Crippen molar-refractivity contribution < 1.29 is 18.7 Å². The Morgan fingerprint density at radius 2 is 1.73 bits per heavy atom. The Balaban J connectivity index is 1.93. The van der Waals surface area contributed by atoms with Crippen LogP contribution in [0.15, 0.2) is 65.5 Å². The molecular formula is C28H27ClFN3O4. The lowest BCUT2D eigenvalue weighted by Crippen LogP contribution is -2.38. The third kappa shape index (κ3) is 5.02. The average molecular weight is 524 g/mol. The van der Waals surface area contributed by atoms with Gasteiger partial charge in [-0.1, -0.05) is 30.7 Å². The number of fused-ring (bicyclic) bond motifs is 1. The van der Waals surface area contributed by atoms with E-state index in [0.29, 0.717) is 52.4 Å². The molecule has 0 spiro atoms. The number of ether oxygens (including phenoxy) is 2. The molecule has 4 rings (SSSR count). The monoisotopic (exact) mass is 523 g/mol. The number of halogens is 2. The zero-order valence-corrected chi connectivity index (χ0v) is 21.8. The van der Waals surface area contributed by atoms with Crippen molar-refractivity contribution in [1.29, 1.82) is 0 Å². The molecule has 0 radical (unpaired) electrons. The molecule has 1 unspecified atom stereocenters. The molecule has 0 aliphatic rings. The first-order chi connectivity index (χ1) is 17.8. The average Bonchev–Trinajstić information content (AvgIpc) is 2.92. The summed E-state index contributed by atoms with van der Waals surface area (Å²) in [6.45, 7) is 4.11. The summed E-state index contributed by atoms with van der Waals surface area (Å²) >= 11 is 6.08. The normalized spacial score (nSPS) is 11.8. The van der Waals surface area contributed by atoms with Gasteiger partial charge in [0.25, 0.3) is 11.5 Å². The van der Waals surface area contributed by atoms with Crippen molar-refractivity contribution in [1.82, 2.24) is 14.5 Å². The van der Waals surface area contributed by atoms with Crippen LogP contribution in [0, 0.1) is 5.82 Å². The van der Waals surface area contributed by atoms with Gasteiger partial charge in [-0.25, -0.2) is 9.37 Å². The van der Waals surface area contributed by atoms with Crippen LogP contribution in [0.1, 0.15) is 42.5 Å². The van der Waals surface area contributed by atoms with Crippen LogP contribution in [-0.2, 0) is 0 Å². The first-order valence-electron chi connectivity index (χ1n) is 11.8. The van der Waals surface area contributed by atoms with Gasteiger partial charge in [0.2, 0.25) is 0 Å². The second-order valence-corrected chi connectivity index (χ2v) is 8.75. The zero-order valence-electron chi connectivity index (χ0n) is 21.0. The maximum atomic E-state index is 14.0. The molecule has 0 saturated heterocycles. The van der Waals surface area contributed by atoms with Crippen LogP contribution in [0.5, 0.6) is 11.5 Å². The van der Waals surface area contributed by atoms with E-state index in [1.54, 1.807) is 47.4 Å². The Kier molecular flexibility index (Phi) is 7.78. The Bertz CT molecular complexity index is 1500. The van der Waals surface area contributed by atoms with E-state index < -0.39 is 11.9 Å². The molecule has 4 aromatic rings. The Morgan fingerprint density at radius 1 is 1.05 bits per heavy atom. The number of benzene rings is 3. The smallest absolute Gasteiger partial charge is 0.266 e. The van der Waals surface area contributed by atoms with E-state index >= 15 is 0 Å². The van der Waals surface area contributed by atoms with E-state index in [1.807, 2.05) is 13.8 Å². The minimum Gasteiger partial charge on any atom is -0.497 e. The van der Waals surface area contributed by atoms with Gasteiger partial charge in [-0.15, -0.1) is 0 Å². The number of para-hydroxylation sites is 1. The first kappa shape index (κ1) is 26.2. The highest BCUT2D eigenvalue weighted by Gasteiger charge is 2.29. The number of carbonyl (C=O) groups excluding carboxylic acids is 1. The number of methoxy groups -OCH3 is 2. The van der Waals surface area contributed by atoms with Crippen molar-refractivity contribution in [2.24, 2.45) is 0 Å². The van der Waals surface area contributed by atoms with Crippen LogP contribution in [0.25, 0.3) is 16.6 Å². The van der Waals surface area contributed by atoms with Crippen LogP contribution in [0.4, 0.5) is 4.39 Å². The van der Waals surface area contributed by atoms with Crippen LogP contribution in [0.3, 0.4) is 0 Å². The fourth-order valence-corrected chi connectivity index (χ4v) is 4.57. The zero-order chi connectivity index (χ0) is 26.7. The van der Waals surface area contributed by atoms with Gasteiger partial charge >= 0.3 is 0 Å². The third-order valence-electron chi connectivity index (χ3n) is 6.22. The lowest BCUT2D eigenvalue weighted by molar-refractivity contribution is 0.0671. The lowest BCUT2D eigenvalue weighted by atomic mass is 10.1. The van der Waals surface area contributed by atoms with E-state index in [-0.39, 0.29) is 16.5 Å². The molecule has 0 bridgehead atoms. The topological polar surface area (TPSA) is 73.7 Å². The molecule has 0 fully saturated rings. The van der Waals surface area contributed by atoms with Gasteiger partial charge in [-0.3, -0.25) is 14.2 Å². The second-order valence-electron chi connectivity index (χ2n) is 8.34. The number of hydrogen-bond donors (Lipinski definition) is 0. The number of amides is 1. The van der Waals surface area contributed by atoms with E-state index in [4.69, 9.17) is 26.1 Å². The van der Waals surface area contributed by atoms with Gasteiger partial charge in [-0.2, -0.15) is 0 Å². The van der Waals surface area contributed by atoms with Crippen LogP contribution >= 0.6 is 11.6 Å². The quantitative estimate of drug-likeness (QED) is 0.291. The summed E-state index contributed by atoms with van der Waals surface area (Å²) in [4.78, 5) is 34.0. The van der Waals surface area contributed by atoms with Gasteiger partial charge in [0.05, 0.1) is 41.9 Å².